The minimum atomic E-state index is -0.697. The van der Waals surface area contributed by atoms with Crippen molar-refractivity contribution in [1.29, 1.82) is 0 Å². The van der Waals surface area contributed by atoms with Crippen LogP contribution in [0.15, 0.2) is 0 Å². The van der Waals surface area contributed by atoms with Gasteiger partial charge < -0.3 is 0 Å². The van der Waals surface area contributed by atoms with Crippen molar-refractivity contribution in [1.82, 2.24) is 0 Å². The van der Waals surface area contributed by atoms with E-state index < -0.39 is 6.44 Å². The second-order valence-electron chi connectivity index (χ2n) is 1.28. The zero-order valence-electron chi connectivity index (χ0n) is 3.36. The van der Waals surface area contributed by atoms with Gasteiger partial charge in [-0.15, -0.1) is 0 Å². The molecule has 0 fully saturated rings. The van der Waals surface area contributed by atoms with Gasteiger partial charge in [0.1, 0.15) is 0 Å². The molecule has 0 atom stereocenters. The van der Waals surface area contributed by atoms with E-state index in [0.717, 1.165) is 0 Å². The van der Waals surface area contributed by atoms with E-state index in [0.29, 0.717) is 0 Å². The van der Waals surface area contributed by atoms with E-state index in [-0.39, 0.29) is 0 Å². The van der Waals surface area contributed by atoms with Gasteiger partial charge in [-0.25, -0.2) is 0 Å². The van der Waals surface area contributed by atoms with Crippen LogP contribution in [0.1, 0.15) is 0 Å². The molecule has 0 amide bonds. The first-order valence-electron chi connectivity index (χ1n) is 1.21. The molecule has 0 aromatic carbocycles. The molecule has 0 rings (SSSR count). The van der Waals surface area contributed by atoms with Crippen LogP contribution >= 0.6 is 27.6 Å². The average molecular weight is 200 g/mol. The molecule has 0 spiro atoms. The second-order valence-corrected chi connectivity index (χ2v) is 10.6. The fourth-order valence-electron chi connectivity index (χ4n) is 0. The zero-order chi connectivity index (χ0) is 4.50. The predicted molar refractivity (Wildman–Crippen MR) is 39.2 cm³/mol. The van der Waals surface area contributed by atoms with Crippen LogP contribution in [0.2, 0.25) is 0 Å². The molecule has 0 aliphatic heterocycles. The Morgan fingerprint density at radius 1 is 1.60 bits per heavy atom. The van der Waals surface area contributed by atoms with E-state index in [1.54, 1.807) is 0 Å². The van der Waals surface area contributed by atoms with Crippen molar-refractivity contribution in [3.8, 4) is 0 Å². The topological polar surface area (TPSA) is 0 Å². The predicted octanol–water partition coefficient (Wildman–Crippen LogP) is 1.48. The summed E-state index contributed by atoms with van der Waals surface area (Å²) in [7, 11) is 0. The molecule has 0 heterocycles. The summed E-state index contributed by atoms with van der Waals surface area (Å²) in [4.78, 5) is 0. The molecule has 0 bridgehead atoms. The van der Waals surface area contributed by atoms with E-state index in [1.807, 2.05) is 12.5 Å². The zero-order valence-corrected chi connectivity index (χ0v) is 6.34. The van der Waals surface area contributed by atoms with Crippen molar-refractivity contribution in [2.75, 3.05) is 12.5 Å². The Bertz CT molecular complexity index is 88.8. The Morgan fingerprint density at radius 3 is 1.60 bits per heavy atom. The molecule has 0 aliphatic carbocycles. The molecule has 30 valence electrons. The van der Waals surface area contributed by atoms with Crippen molar-refractivity contribution in [2.24, 2.45) is 0 Å². The number of halogens is 1. The summed E-state index contributed by atoms with van der Waals surface area (Å²) in [6.45, 7) is 5.42. The van der Waals surface area contributed by atoms with Gasteiger partial charge in [0.05, 0.1) is 0 Å². The maximum absolute atomic E-state index is 5.42. The van der Waals surface area contributed by atoms with Gasteiger partial charge in [-0.05, 0) is 0 Å². The molecular formula is C2H6BIS. The van der Waals surface area contributed by atoms with Crippen molar-refractivity contribution in [2.45, 2.75) is 0 Å². The van der Waals surface area contributed by atoms with Gasteiger partial charge in [0.25, 0.3) is 0 Å². The number of hydrogen-bond acceptors (Lipinski definition) is 0. The molecule has 0 aromatic rings. The Kier molecular flexibility index (Phi) is 2.13. The second kappa shape index (κ2) is 1.73. The van der Waals surface area contributed by atoms with Crippen LogP contribution in [0.3, 0.4) is 0 Å². The first-order chi connectivity index (χ1) is 2.00. The molecule has 0 aromatic heterocycles. The summed E-state index contributed by atoms with van der Waals surface area (Å²) in [6, 6.07) is 0. The van der Waals surface area contributed by atoms with Crippen molar-refractivity contribution in [3.63, 3.8) is 0 Å². The van der Waals surface area contributed by atoms with Gasteiger partial charge in [-0.3, -0.25) is 0 Å². The molecule has 0 N–H and O–H groups in total. The Balaban J connectivity index is 3.66. The molecule has 0 saturated carbocycles. The monoisotopic (exact) mass is 200 g/mol. The van der Waals surface area contributed by atoms with Crippen LogP contribution in [-0.2, 0) is 0 Å². The van der Waals surface area contributed by atoms with Crippen LogP contribution in [0.4, 0.5) is 0 Å². The summed E-state index contributed by atoms with van der Waals surface area (Å²) in [5.41, 5.74) is 0. The third kappa shape index (κ3) is 38.8. The minimum absolute atomic E-state index is 0.697. The fraction of sp³-hybridized carbons (Fsp3) is 1.00. The van der Waals surface area contributed by atoms with Gasteiger partial charge >= 0.3 is 46.7 Å². The van der Waals surface area contributed by atoms with Gasteiger partial charge in [0, 0.05) is 0 Å². The van der Waals surface area contributed by atoms with Gasteiger partial charge in [0.2, 0.25) is 0 Å². The third-order valence-corrected chi connectivity index (χ3v) is 0. The SMILES string of the molecule is B#S(C)(C)I. The van der Waals surface area contributed by atoms with E-state index in [4.69, 9.17) is 6.53 Å². The Morgan fingerprint density at radius 2 is 1.60 bits per heavy atom. The summed E-state index contributed by atoms with van der Waals surface area (Å²) in [5, 5.41) is 0. The first-order valence-corrected chi connectivity index (χ1v) is 6.26. The molecule has 0 unspecified atom stereocenters. The van der Waals surface area contributed by atoms with Crippen molar-refractivity contribution in [3.05, 3.63) is 0 Å². The van der Waals surface area contributed by atoms with E-state index in [2.05, 4.69) is 21.2 Å². The molecule has 0 nitrogen and oxygen atoms in total. The summed E-state index contributed by atoms with van der Waals surface area (Å²) in [6.07, 6.45) is 3.37. The van der Waals surface area contributed by atoms with E-state index in [9.17, 15) is 0 Å². The average Bonchev–Trinajstić information content (AvgIpc) is 0.722. The van der Waals surface area contributed by atoms with Gasteiger partial charge in [0.15, 0.2) is 0 Å². The summed E-state index contributed by atoms with van der Waals surface area (Å²) >= 11 is 2.24. The third-order valence-electron chi connectivity index (χ3n) is 0. The van der Waals surface area contributed by atoms with Crippen LogP contribution in [0, 0.1) is 0 Å². The van der Waals surface area contributed by atoms with Crippen LogP contribution < -0.4 is 0 Å². The summed E-state index contributed by atoms with van der Waals surface area (Å²) < 4.78 is 0. The molecule has 0 saturated heterocycles. The quantitative estimate of drug-likeness (QED) is 0.410. The Hall–Kier alpha value is 1.14. The molecule has 3 heteroatoms. The summed E-state index contributed by atoms with van der Waals surface area (Å²) in [5.74, 6) is 0. The standard InChI is InChI=1S/C2H6BIS/c1-5(2,3)4/h1-2H3. The molecule has 5 heavy (non-hydrogen) atoms. The van der Waals surface area contributed by atoms with Crippen molar-refractivity contribution >= 4 is 34.2 Å². The molecule has 0 aliphatic rings. The molecular weight excluding hydrogens is 194 g/mol. The van der Waals surface area contributed by atoms with Crippen LogP contribution in [0.5, 0.6) is 0 Å². The van der Waals surface area contributed by atoms with Gasteiger partial charge in [-0.2, -0.15) is 0 Å². The fourth-order valence-corrected chi connectivity index (χ4v) is 0. The van der Waals surface area contributed by atoms with E-state index in [1.165, 1.54) is 0 Å². The normalized spacial score (nSPS) is 12.2. The van der Waals surface area contributed by atoms with Crippen LogP contribution in [-0.4, -0.2) is 19.0 Å². The van der Waals surface area contributed by atoms with E-state index >= 15 is 0 Å². The van der Waals surface area contributed by atoms with Crippen molar-refractivity contribution < 1.29 is 0 Å². The number of hydrogen-bond donors (Lipinski definition) is 0. The van der Waals surface area contributed by atoms with Crippen LogP contribution in [0.25, 0.3) is 0 Å². The van der Waals surface area contributed by atoms with Gasteiger partial charge in [-0.1, -0.05) is 0 Å². The first kappa shape index (κ1) is 6.14. The Labute approximate surface area is 46.7 Å². The molecule has 0 radical (unpaired) electrons. The maximum atomic E-state index is 5.42. The number of rotatable bonds is 0.